The van der Waals surface area contributed by atoms with E-state index in [-0.39, 0.29) is 38.2 Å². The van der Waals surface area contributed by atoms with Crippen LogP contribution in [0, 0.1) is 5.41 Å². The van der Waals surface area contributed by atoms with Gasteiger partial charge in [-0.1, -0.05) is 0 Å². The van der Waals surface area contributed by atoms with Gasteiger partial charge in [0.1, 0.15) is 0 Å². The summed E-state index contributed by atoms with van der Waals surface area (Å²) < 4.78 is 29.9. The highest BCUT2D eigenvalue weighted by atomic mass is 35.5. The molecule has 1 aliphatic carbocycles. The van der Waals surface area contributed by atoms with Gasteiger partial charge in [0.2, 0.25) is 0 Å². The Morgan fingerprint density at radius 2 is 2.07 bits per heavy atom. The molecule has 0 radical (unpaired) electrons. The number of carbonyl (C=O) groups excluding carboxylic acids is 1. The van der Waals surface area contributed by atoms with E-state index in [1.165, 1.54) is 7.11 Å². The van der Waals surface area contributed by atoms with Crippen molar-refractivity contribution in [2.75, 3.05) is 13.7 Å². The number of alkyl halides is 2. The highest BCUT2D eigenvalue weighted by molar-refractivity contribution is 5.85. The molecule has 0 spiro atoms. The van der Waals surface area contributed by atoms with Crippen molar-refractivity contribution in [3.05, 3.63) is 0 Å². The number of carbonyl (C=O) groups is 1. The van der Waals surface area contributed by atoms with Gasteiger partial charge in [0.15, 0.2) is 0 Å². The number of esters is 1. The molecule has 1 aliphatic rings. The summed E-state index contributed by atoms with van der Waals surface area (Å²) in [4.78, 5) is 10.7. The Labute approximate surface area is 87.4 Å². The molecule has 1 fully saturated rings. The van der Waals surface area contributed by atoms with Crippen LogP contribution in [0.4, 0.5) is 8.78 Å². The van der Waals surface area contributed by atoms with Crippen LogP contribution in [0.5, 0.6) is 0 Å². The van der Waals surface area contributed by atoms with Crippen LogP contribution in [0.2, 0.25) is 0 Å². The number of halogens is 3. The first kappa shape index (κ1) is 13.6. The van der Waals surface area contributed by atoms with E-state index >= 15 is 0 Å². The molecule has 1 unspecified atom stereocenters. The lowest BCUT2D eigenvalue weighted by Gasteiger charge is -2.11. The smallest absolute Gasteiger partial charge is 0.305 e. The van der Waals surface area contributed by atoms with Crippen molar-refractivity contribution in [1.29, 1.82) is 0 Å². The first-order valence-corrected chi connectivity index (χ1v) is 4.12. The second-order valence-electron chi connectivity index (χ2n) is 3.44. The third-order valence-corrected chi connectivity index (χ3v) is 2.64. The molecule has 84 valence electrons. The summed E-state index contributed by atoms with van der Waals surface area (Å²) in [5.41, 5.74) is 4.10. The van der Waals surface area contributed by atoms with Crippen molar-refractivity contribution in [1.82, 2.24) is 0 Å². The third-order valence-electron chi connectivity index (χ3n) is 2.64. The van der Waals surface area contributed by atoms with Gasteiger partial charge in [-0.25, -0.2) is 8.78 Å². The fraction of sp³-hybridized carbons (Fsp3) is 0.875. The second kappa shape index (κ2) is 4.40. The Balaban J connectivity index is 0.00000169. The molecule has 3 nitrogen and oxygen atoms in total. The van der Waals surface area contributed by atoms with E-state index in [1.807, 2.05) is 0 Å². The van der Waals surface area contributed by atoms with Crippen molar-refractivity contribution in [3.63, 3.8) is 0 Å². The lowest BCUT2D eigenvalue weighted by atomic mass is 10.00. The first-order chi connectivity index (χ1) is 5.97. The molecule has 0 aliphatic heterocycles. The van der Waals surface area contributed by atoms with E-state index in [0.717, 1.165) is 0 Å². The number of nitrogens with two attached hydrogens (primary N) is 1. The molecule has 1 saturated carbocycles. The summed E-state index contributed by atoms with van der Waals surface area (Å²) in [6, 6.07) is 0. The molecule has 6 heteroatoms. The summed E-state index contributed by atoms with van der Waals surface area (Å²) in [6.07, 6.45) is -0.0695. The zero-order valence-corrected chi connectivity index (χ0v) is 8.70. The topological polar surface area (TPSA) is 52.3 Å². The minimum atomic E-state index is -2.68. The Hall–Kier alpha value is -0.420. The van der Waals surface area contributed by atoms with Gasteiger partial charge in [-0.3, -0.25) is 4.79 Å². The van der Waals surface area contributed by atoms with Gasteiger partial charge in [-0.15, -0.1) is 12.4 Å². The van der Waals surface area contributed by atoms with Crippen LogP contribution >= 0.6 is 12.4 Å². The van der Waals surface area contributed by atoms with E-state index in [2.05, 4.69) is 4.74 Å². The number of hydrogen-bond donors (Lipinski definition) is 1. The summed E-state index contributed by atoms with van der Waals surface area (Å²) in [5, 5.41) is 0. The molecule has 0 aromatic heterocycles. The van der Waals surface area contributed by atoms with Gasteiger partial charge in [0, 0.05) is 19.4 Å². The number of methoxy groups -OCH3 is 1. The number of ether oxygens (including phenoxy) is 1. The molecule has 1 atom stereocenters. The normalized spacial score (nSPS) is 27.7. The maximum atomic E-state index is 12.8. The molecule has 0 aromatic carbocycles. The lowest BCUT2D eigenvalue weighted by molar-refractivity contribution is -0.141. The van der Waals surface area contributed by atoms with E-state index < -0.39 is 17.3 Å². The fourth-order valence-corrected chi connectivity index (χ4v) is 1.42. The standard InChI is InChI=1S/C8H13F2NO2.ClH/c1-13-6(12)2-3-7(5-11)4-8(7,9)10;/h2-5,11H2,1H3;1H. The number of hydrogen-bond acceptors (Lipinski definition) is 3. The Morgan fingerprint density at radius 1 is 1.57 bits per heavy atom. The van der Waals surface area contributed by atoms with Crippen LogP contribution < -0.4 is 5.73 Å². The van der Waals surface area contributed by atoms with Crippen LogP contribution in [0.3, 0.4) is 0 Å². The molecular formula is C8H14ClF2NO2. The van der Waals surface area contributed by atoms with E-state index in [1.54, 1.807) is 0 Å². The van der Waals surface area contributed by atoms with Gasteiger partial charge in [-0.2, -0.15) is 0 Å². The zero-order chi connectivity index (χ0) is 10.1. The SMILES string of the molecule is COC(=O)CCC1(CN)CC1(F)F.Cl. The van der Waals surface area contributed by atoms with Crippen LogP contribution in [-0.2, 0) is 9.53 Å². The Morgan fingerprint density at radius 3 is 2.36 bits per heavy atom. The molecule has 0 saturated heterocycles. The van der Waals surface area contributed by atoms with Crippen LogP contribution in [0.25, 0.3) is 0 Å². The number of rotatable bonds is 4. The highest BCUT2D eigenvalue weighted by Crippen LogP contribution is 2.62. The quantitative estimate of drug-likeness (QED) is 0.741. The van der Waals surface area contributed by atoms with Crippen LogP contribution in [0.1, 0.15) is 19.3 Å². The van der Waals surface area contributed by atoms with Crippen LogP contribution in [0.15, 0.2) is 0 Å². The first-order valence-electron chi connectivity index (χ1n) is 4.12. The van der Waals surface area contributed by atoms with Crippen molar-refractivity contribution in [2.24, 2.45) is 11.1 Å². The maximum Gasteiger partial charge on any atom is 0.305 e. The van der Waals surface area contributed by atoms with Gasteiger partial charge in [-0.05, 0) is 6.42 Å². The fourth-order valence-electron chi connectivity index (χ4n) is 1.42. The molecular weight excluding hydrogens is 216 g/mol. The van der Waals surface area contributed by atoms with Gasteiger partial charge in [0.25, 0.3) is 5.92 Å². The minimum absolute atomic E-state index is 0. The van der Waals surface area contributed by atoms with Crippen molar-refractivity contribution >= 4 is 18.4 Å². The zero-order valence-electron chi connectivity index (χ0n) is 7.89. The Bertz CT molecular complexity index is 225. The average Bonchev–Trinajstić information content (AvgIpc) is 2.65. The van der Waals surface area contributed by atoms with Crippen LogP contribution in [-0.4, -0.2) is 25.5 Å². The molecule has 0 heterocycles. The molecule has 0 aromatic rings. The maximum absolute atomic E-state index is 12.8. The Kier molecular flexibility index (Phi) is 4.27. The van der Waals surface area contributed by atoms with Gasteiger partial charge < -0.3 is 10.5 Å². The van der Waals surface area contributed by atoms with Crippen molar-refractivity contribution < 1.29 is 18.3 Å². The summed E-state index contributed by atoms with van der Waals surface area (Å²) in [7, 11) is 1.24. The monoisotopic (exact) mass is 229 g/mol. The summed E-state index contributed by atoms with van der Waals surface area (Å²) >= 11 is 0. The van der Waals surface area contributed by atoms with Gasteiger partial charge in [0.05, 0.1) is 12.5 Å². The molecule has 2 N–H and O–H groups in total. The molecule has 0 amide bonds. The van der Waals surface area contributed by atoms with E-state index in [0.29, 0.717) is 0 Å². The summed E-state index contributed by atoms with van der Waals surface area (Å²) in [6.45, 7) is -0.0724. The molecule has 1 rings (SSSR count). The van der Waals surface area contributed by atoms with Crippen molar-refractivity contribution in [2.45, 2.75) is 25.2 Å². The largest absolute Gasteiger partial charge is 0.469 e. The van der Waals surface area contributed by atoms with E-state index in [4.69, 9.17) is 5.73 Å². The third kappa shape index (κ3) is 2.33. The minimum Gasteiger partial charge on any atom is -0.469 e. The van der Waals surface area contributed by atoms with E-state index in [9.17, 15) is 13.6 Å². The predicted molar refractivity (Wildman–Crippen MR) is 49.5 cm³/mol. The highest BCUT2D eigenvalue weighted by Gasteiger charge is 2.69. The second-order valence-corrected chi connectivity index (χ2v) is 3.44. The predicted octanol–water partition coefficient (Wildman–Crippen LogP) is 1.35. The van der Waals surface area contributed by atoms with Crippen molar-refractivity contribution in [3.8, 4) is 0 Å². The van der Waals surface area contributed by atoms with Gasteiger partial charge >= 0.3 is 5.97 Å². The lowest BCUT2D eigenvalue weighted by Crippen LogP contribution is -2.23. The average molecular weight is 230 g/mol. The molecule has 14 heavy (non-hydrogen) atoms. The molecule has 0 bridgehead atoms. The summed E-state index contributed by atoms with van der Waals surface area (Å²) in [5.74, 6) is -3.15.